The predicted octanol–water partition coefficient (Wildman–Crippen LogP) is 2.53. The lowest BCUT2D eigenvalue weighted by atomic mass is 10.1. The molecule has 0 spiro atoms. The van der Waals surface area contributed by atoms with Crippen LogP contribution in [-0.2, 0) is 6.54 Å². The van der Waals surface area contributed by atoms with Gasteiger partial charge in [0.15, 0.2) is 5.82 Å². The molecule has 1 aromatic heterocycles. The second-order valence-electron chi connectivity index (χ2n) is 4.27. The van der Waals surface area contributed by atoms with Gasteiger partial charge >= 0.3 is 0 Å². The maximum absolute atomic E-state index is 5.68. The van der Waals surface area contributed by atoms with Crippen molar-refractivity contribution in [2.75, 3.05) is 0 Å². The van der Waals surface area contributed by atoms with E-state index >= 15 is 0 Å². The fourth-order valence-corrected chi connectivity index (χ4v) is 1.87. The Morgan fingerprint density at radius 3 is 1.94 bits per heavy atom. The van der Waals surface area contributed by atoms with E-state index in [0.29, 0.717) is 6.54 Å². The maximum atomic E-state index is 5.68. The zero-order valence-corrected chi connectivity index (χ0v) is 10.5. The lowest BCUT2D eigenvalue weighted by Gasteiger charge is -2.09. The maximum Gasteiger partial charge on any atom is 0.159 e. The van der Waals surface area contributed by atoms with Gasteiger partial charge in [-0.2, -0.15) is 0 Å². The average molecular weight is 227 g/mol. The molecule has 2 rings (SSSR count). The third-order valence-corrected chi connectivity index (χ3v) is 2.93. The Morgan fingerprint density at radius 2 is 1.47 bits per heavy atom. The first-order chi connectivity index (χ1) is 8.11. The molecule has 0 atom stereocenters. The topological polar surface area (TPSA) is 51.8 Å². The van der Waals surface area contributed by atoms with Crippen molar-refractivity contribution in [2.24, 2.45) is 5.73 Å². The minimum atomic E-state index is 0.492. The summed E-state index contributed by atoms with van der Waals surface area (Å²) in [7, 11) is 0. The molecule has 0 amide bonds. The van der Waals surface area contributed by atoms with Gasteiger partial charge in [-0.1, -0.05) is 29.8 Å². The zero-order valence-electron chi connectivity index (χ0n) is 10.5. The molecule has 0 radical (unpaired) electrons. The number of nitrogens with two attached hydrogens (primary N) is 1. The molecule has 1 aromatic carbocycles. The van der Waals surface area contributed by atoms with Crippen molar-refractivity contribution in [2.45, 2.75) is 27.3 Å². The molecule has 0 fully saturated rings. The van der Waals surface area contributed by atoms with E-state index in [0.717, 1.165) is 28.3 Å². The normalized spacial score (nSPS) is 10.6. The summed E-state index contributed by atoms with van der Waals surface area (Å²) in [5.41, 5.74) is 10.9. The van der Waals surface area contributed by atoms with E-state index < -0.39 is 0 Å². The highest BCUT2D eigenvalue weighted by Gasteiger charge is 2.08. The van der Waals surface area contributed by atoms with Crippen molar-refractivity contribution >= 4 is 0 Å². The van der Waals surface area contributed by atoms with Crippen LogP contribution < -0.4 is 5.73 Å². The van der Waals surface area contributed by atoms with Gasteiger partial charge in [-0.25, -0.2) is 9.97 Å². The van der Waals surface area contributed by atoms with Crippen LogP contribution in [0.2, 0.25) is 0 Å². The van der Waals surface area contributed by atoms with Crippen LogP contribution >= 0.6 is 0 Å². The van der Waals surface area contributed by atoms with E-state index in [1.165, 1.54) is 5.56 Å². The summed E-state index contributed by atoms with van der Waals surface area (Å²) in [6.45, 7) is 6.52. The SMILES string of the molecule is Cc1ccc(-c2nc(C)c(CN)c(C)n2)cc1. The van der Waals surface area contributed by atoms with Crippen molar-refractivity contribution in [1.82, 2.24) is 9.97 Å². The van der Waals surface area contributed by atoms with Crippen LogP contribution in [0.25, 0.3) is 11.4 Å². The van der Waals surface area contributed by atoms with Crippen LogP contribution in [0.5, 0.6) is 0 Å². The fourth-order valence-electron chi connectivity index (χ4n) is 1.87. The lowest BCUT2D eigenvalue weighted by Crippen LogP contribution is -2.07. The first kappa shape index (κ1) is 11.7. The van der Waals surface area contributed by atoms with E-state index in [4.69, 9.17) is 5.73 Å². The van der Waals surface area contributed by atoms with Gasteiger partial charge in [0.1, 0.15) is 0 Å². The highest BCUT2D eigenvalue weighted by Crippen LogP contribution is 2.18. The van der Waals surface area contributed by atoms with Gasteiger partial charge in [0.05, 0.1) is 0 Å². The highest BCUT2D eigenvalue weighted by atomic mass is 14.9. The largest absolute Gasteiger partial charge is 0.326 e. The second kappa shape index (κ2) is 4.63. The molecule has 2 N–H and O–H groups in total. The Bertz CT molecular complexity index is 507. The molecule has 0 aliphatic heterocycles. The van der Waals surface area contributed by atoms with Crippen molar-refractivity contribution < 1.29 is 0 Å². The summed E-state index contributed by atoms with van der Waals surface area (Å²) >= 11 is 0. The van der Waals surface area contributed by atoms with E-state index in [-0.39, 0.29) is 0 Å². The predicted molar refractivity (Wildman–Crippen MR) is 69.6 cm³/mol. The molecule has 2 aromatic rings. The van der Waals surface area contributed by atoms with Crippen LogP contribution in [0, 0.1) is 20.8 Å². The molecule has 0 aliphatic carbocycles. The number of aryl methyl sites for hydroxylation is 3. The molecule has 3 nitrogen and oxygen atoms in total. The Hall–Kier alpha value is -1.74. The van der Waals surface area contributed by atoms with E-state index in [1.807, 2.05) is 26.0 Å². The van der Waals surface area contributed by atoms with Gasteiger partial charge in [0, 0.05) is 29.1 Å². The third-order valence-electron chi connectivity index (χ3n) is 2.93. The molecule has 3 heteroatoms. The molecular formula is C14H17N3. The molecule has 0 saturated heterocycles. The van der Waals surface area contributed by atoms with Gasteiger partial charge in [0.2, 0.25) is 0 Å². The Morgan fingerprint density at radius 1 is 0.941 bits per heavy atom. The summed E-state index contributed by atoms with van der Waals surface area (Å²) < 4.78 is 0. The molecule has 88 valence electrons. The monoisotopic (exact) mass is 227 g/mol. The standard InChI is InChI=1S/C14H17N3/c1-9-4-6-12(7-5-9)14-16-10(2)13(8-15)11(3)17-14/h4-7H,8,15H2,1-3H3. The van der Waals surface area contributed by atoms with Gasteiger partial charge in [-0.15, -0.1) is 0 Å². The summed E-state index contributed by atoms with van der Waals surface area (Å²) in [4.78, 5) is 9.03. The van der Waals surface area contributed by atoms with E-state index in [9.17, 15) is 0 Å². The minimum absolute atomic E-state index is 0.492. The van der Waals surface area contributed by atoms with Crippen molar-refractivity contribution in [3.05, 3.63) is 46.8 Å². The Balaban J connectivity index is 2.50. The highest BCUT2D eigenvalue weighted by molar-refractivity contribution is 5.56. The van der Waals surface area contributed by atoms with Gasteiger partial charge < -0.3 is 5.73 Å². The molecule has 0 bridgehead atoms. The van der Waals surface area contributed by atoms with Crippen molar-refractivity contribution in [3.63, 3.8) is 0 Å². The summed E-state index contributed by atoms with van der Waals surface area (Å²) in [5.74, 6) is 0.775. The van der Waals surface area contributed by atoms with Crippen LogP contribution in [0.15, 0.2) is 24.3 Å². The zero-order chi connectivity index (χ0) is 12.4. The van der Waals surface area contributed by atoms with Gasteiger partial charge in [-0.3, -0.25) is 0 Å². The fraction of sp³-hybridized carbons (Fsp3) is 0.286. The number of nitrogens with zero attached hydrogens (tertiary/aromatic N) is 2. The lowest BCUT2D eigenvalue weighted by molar-refractivity contribution is 0.939. The molecule has 0 aliphatic rings. The second-order valence-corrected chi connectivity index (χ2v) is 4.27. The van der Waals surface area contributed by atoms with Crippen LogP contribution in [0.3, 0.4) is 0 Å². The van der Waals surface area contributed by atoms with Crippen LogP contribution in [-0.4, -0.2) is 9.97 Å². The summed E-state index contributed by atoms with van der Waals surface area (Å²) in [6, 6.07) is 8.23. The molecular weight excluding hydrogens is 210 g/mol. The van der Waals surface area contributed by atoms with Crippen molar-refractivity contribution in [3.8, 4) is 11.4 Å². The smallest absolute Gasteiger partial charge is 0.159 e. The van der Waals surface area contributed by atoms with Gasteiger partial charge in [0.25, 0.3) is 0 Å². The number of rotatable bonds is 2. The number of hydrogen-bond donors (Lipinski definition) is 1. The molecule has 0 unspecified atom stereocenters. The Labute approximate surface area is 102 Å². The molecule has 0 saturated carbocycles. The van der Waals surface area contributed by atoms with E-state index in [2.05, 4.69) is 29.0 Å². The first-order valence-electron chi connectivity index (χ1n) is 5.73. The number of hydrogen-bond acceptors (Lipinski definition) is 3. The molecule has 17 heavy (non-hydrogen) atoms. The van der Waals surface area contributed by atoms with E-state index in [1.54, 1.807) is 0 Å². The number of aromatic nitrogens is 2. The molecule has 1 heterocycles. The average Bonchev–Trinajstić information content (AvgIpc) is 2.29. The van der Waals surface area contributed by atoms with Crippen molar-refractivity contribution in [1.29, 1.82) is 0 Å². The minimum Gasteiger partial charge on any atom is -0.326 e. The van der Waals surface area contributed by atoms with Gasteiger partial charge in [-0.05, 0) is 20.8 Å². The quantitative estimate of drug-likeness (QED) is 0.857. The Kier molecular flexibility index (Phi) is 3.20. The first-order valence-corrected chi connectivity index (χ1v) is 5.73. The third kappa shape index (κ3) is 2.34. The summed E-state index contributed by atoms with van der Waals surface area (Å²) in [5, 5.41) is 0. The number of benzene rings is 1. The van der Waals surface area contributed by atoms with Crippen LogP contribution in [0.1, 0.15) is 22.5 Å². The summed E-state index contributed by atoms with van der Waals surface area (Å²) in [6.07, 6.45) is 0. The van der Waals surface area contributed by atoms with Crippen LogP contribution in [0.4, 0.5) is 0 Å².